The largest absolute Gasteiger partial charge is 0.465 e. The highest BCUT2D eigenvalue weighted by molar-refractivity contribution is 6.06. The lowest BCUT2D eigenvalue weighted by Crippen LogP contribution is -2.21. The molecule has 2 aromatic rings. The molecule has 0 aliphatic carbocycles. The molecule has 0 atom stereocenters. The fourth-order valence-electron chi connectivity index (χ4n) is 1.73. The van der Waals surface area contributed by atoms with E-state index in [0.29, 0.717) is 0 Å². The summed E-state index contributed by atoms with van der Waals surface area (Å²) in [6.45, 7) is 0. The maximum atomic E-state index is 11.9. The Morgan fingerprint density at radius 2 is 1.78 bits per heavy atom. The molecular weight excluding hydrogens is 306 g/mol. The summed E-state index contributed by atoms with van der Waals surface area (Å²) in [6.07, 6.45) is 1.35. The maximum Gasteiger partial charge on any atom is 0.339 e. The molecular formula is C14H13N3O6. The molecule has 9 heteroatoms. The van der Waals surface area contributed by atoms with Gasteiger partial charge in [-0.05, 0) is 18.2 Å². The summed E-state index contributed by atoms with van der Waals surface area (Å²) in [5.74, 6) is -1.16. The van der Waals surface area contributed by atoms with E-state index in [2.05, 4.69) is 25.3 Å². The van der Waals surface area contributed by atoms with Crippen molar-refractivity contribution in [2.45, 2.75) is 0 Å². The normalized spacial score (nSPS) is 9.83. The molecule has 2 amide bonds. The number of nitrogens with zero attached hydrogens (tertiary/aromatic N) is 1. The number of methoxy groups -OCH3 is 2. The summed E-state index contributed by atoms with van der Waals surface area (Å²) < 4.78 is 14.0. The molecule has 1 heterocycles. The van der Waals surface area contributed by atoms with Crippen LogP contribution in [0.4, 0.5) is 16.4 Å². The Morgan fingerprint density at radius 1 is 1.04 bits per heavy atom. The van der Waals surface area contributed by atoms with Crippen molar-refractivity contribution in [3.8, 4) is 0 Å². The van der Waals surface area contributed by atoms with E-state index in [4.69, 9.17) is 4.52 Å². The second-order valence-corrected chi connectivity index (χ2v) is 4.20. The summed E-state index contributed by atoms with van der Waals surface area (Å²) >= 11 is 0. The number of hydrogen-bond donors (Lipinski definition) is 2. The smallest absolute Gasteiger partial charge is 0.339 e. The number of urea groups is 1. The first-order valence-electron chi connectivity index (χ1n) is 6.34. The molecule has 0 bridgehead atoms. The zero-order valence-corrected chi connectivity index (χ0v) is 12.3. The van der Waals surface area contributed by atoms with Crippen LogP contribution >= 0.6 is 0 Å². The minimum atomic E-state index is -0.686. The van der Waals surface area contributed by atoms with E-state index >= 15 is 0 Å². The van der Waals surface area contributed by atoms with Crippen LogP contribution in [0.1, 0.15) is 20.7 Å². The average Bonchev–Trinajstić information content (AvgIpc) is 3.06. The fraction of sp³-hybridized carbons (Fsp3) is 0.143. The van der Waals surface area contributed by atoms with Crippen molar-refractivity contribution in [3.63, 3.8) is 0 Å². The maximum absolute atomic E-state index is 11.9. The molecule has 0 spiro atoms. The monoisotopic (exact) mass is 319 g/mol. The van der Waals surface area contributed by atoms with Gasteiger partial charge in [-0.25, -0.2) is 14.4 Å². The third kappa shape index (κ3) is 3.84. The third-order valence-corrected chi connectivity index (χ3v) is 2.77. The number of anilines is 2. The zero-order chi connectivity index (χ0) is 16.8. The summed E-state index contributed by atoms with van der Waals surface area (Å²) in [6, 6.07) is 4.79. The predicted octanol–water partition coefficient (Wildman–Crippen LogP) is 1.89. The SMILES string of the molecule is COC(=O)c1ccc(C(=O)OC)c(NC(=O)Nc2ccno2)c1. The highest BCUT2D eigenvalue weighted by Crippen LogP contribution is 2.20. The Balaban J connectivity index is 2.27. The van der Waals surface area contributed by atoms with Gasteiger partial charge in [0.05, 0.1) is 37.2 Å². The number of nitrogens with one attached hydrogen (secondary N) is 2. The molecule has 0 fully saturated rings. The molecule has 23 heavy (non-hydrogen) atoms. The van der Waals surface area contributed by atoms with Gasteiger partial charge < -0.3 is 19.3 Å². The van der Waals surface area contributed by atoms with Gasteiger partial charge in [0, 0.05) is 6.07 Å². The molecule has 0 saturated carbocycles. The van der Waals surface area contributed by atoms with Gasteiger partial charge in [0.1, 0.15) is 0 Å². The van der Waals surface area contributed by atoms with Crippen molar-refractivity contribution in [2.24, 2.45) is 0 Å². The summed E-state index contributed by atoms with van der Waals surface area (Å²) in [5, 5.41) is 8.24. The van der Waals surface area contributed by atoms with E-state index in [-0.39, 0.29) is 22.7 Å². The fourth-order valence-corrected chi connectivity index (χ4v) is 1.73. The first-order valence-corrected chi connectivity index (χ1v) is 6.34. The topological polar surface area (TPSA) is 120 Å². The second-order valence-electron chi connectivity index (χ2n) is 4.20. The standard InChI is InChI=1S/C14H13N3O6/c1-21-12(18)8-3-4-9(13(19)22-2)10(7-8)16-14(20)17-11-5-6-15-23-11/h3-7H,1-2H3,(H2,16,17,20). The number of amides is 2. The highest BCUT2D eigenvalue weighted by atomic mass is 16.5. The van der Waals surface area contributed by atoms with E-state index in [9.17, 15) is 14.4 Å². The zero-order valence-electron chi connectivity index (χ0n) is 12.3. The van der Waals surface area contributed by atoms with Gasteiger partial charge in [-0.1, -0.05) is 5.16 Å². The molecule has 9 nitrogen and oxygen atoms in total. The van der Waals surface area contributed by atoms with Crippen LogP contribution < -0.4 is 10.6 Å². The highest BCUT2D eigenvalue weighted by Gasteiger charge is 2.17. The molecule has 0 radical (unpaired) electrons. The Bertz CT molecular complexity index is 726. The minimum absolute atomic E-state index is 0.0767. The van der Waals surface area contributed by atoms with Gasteiger partial charge in [0.2, 0.25) is 5.88 Å². The van der Waals surface area contributed by atoms with Crippen LogP contribution in [-0.2, 0) is 9.47 Å². The molecule has 1 aromatic carbocycles. The lowest BCUT2D eigenvalue weighted by Gasteiger charge is -2.11. The number of carbonyl (C=O) groups is 3. The summed E-state index contributed by atoms with van der Waals surface area (Å²) in [5.41, 5.74) is 0.319. The Morgan fingerprint density at radius 3 is 2.39 bits per heavy atom. The quantitative estimate of drug-likeness (QED) is 0.826. The lowest BCUT2D eigenvalue weighted by molar-refractivity contribution is 0.0587. The van der Waals surface area contributed by atoms with Crippen molar-refractivity contribution in [2.75, 3.05) is 24.9 Å². The molecule has 0 saturated heterocycles. The number of benzene rings is 1. The van der Waals surface area contributed by atoms with E-state index in [1.165, 1.54) is 44.7 Å². The van der Waals surface area contributed by atoms with Crippen molar-refractivity contribution < 1.29 is 28.4 Å². The van der Waals surface area contributed by atoms with Gasteiger partial charge in [-0.3, -0.25) is 5.32 Å². The van der Waals surface area contributed by atoms with Crippen LogP contribution in [0.5, 0.6) is 0 Å². The van der Waals surface area contributed by atoms with E-state index in [0.717, 1.165) is 0 Å². The van der Waals surface area contributed by atoms with Crippen LogP contribution in [0, 0.1) is 0 Å². The van der Waals surface area contributed by atoms with Crippen LogP contribution in [0.2, 0.25) is 0 Å². The number of rotatable bonds is 4. The van der Waals surface area contributed by atoms with Gasteiger partial charge in [-0.2, -0.15) is 0 Å². The van der Waals surface area contributed by atoms with Gasteiger partial charge in [0.15, 0.2) is 0 Å². The van der Waals surface area contributed by atoms with Crippen LogP contribution in [0.25, 0.3) is 0 Å². The van der Waals surface area contributed by atoms with Crippen LogP contribution in [0.15, 0.2) is 35.0 Å². The molecule has 1 aromatic heterocycles. The second kappa shape index (κ2) is 7.07. The number of carbonyl (C=O) groups excluding carboxylic acids is 3. The number of ether oxygens (including phenoxy) is 2. The molecule has 0 aliphatic rings. The Hall–Kier alpha value is -3.36. The average molecular weight is 319 g/mol. The van der Waals surface area contributed by atoms with Gasteiger partial charge in [0.25, 0.3) is 0 Å². The third-order valence-electron chi connectivity index (χ3n) is 2.77. The predicted molar refractivity (Wildman–Crippen MR) is 78.3 cm³/mol. The molecule has 2 rings (SSSR count). The van der Waals surface area contributed by atoms with E-state index in [1.54, 1.807) is 0 Å². The van der Waals surface area contributed by atoms with Crippen molar-refractivity contribution in [1.82, 2.24) is 5.16 Å². The van der Waals surface area contributed by atoms with E-state index in [1.807, 2.05) is 0 Å². The summed E-state index contributed by atoms with van der Waals surface area (Å²) in [4.78, 5) is 35.2. The number of hydrogen-bond acceptors (Lipinski definition) is 7. The molecule has 2 N–H and O–H groups in total. The Labute approximate surface area is 130 Å². The van der Waals surface area contributed by atoms with Gasteiger partial charge >= 0.3 is 18.0 Å². The van der Waals surface area contributed by atoms with Crippen LogP contribution in [0.3, 0.4) is 0 Å². The lowest BCUT2D eigenvalue weighted by atomic mass is 10.1. The van der Waals surface area contributed by atoms with Crippen molar-refractivity contribution in [3.05, 3.63) is 41.6 Å². The molecule has 120 valence electrons. The molecule has 0 aliphatic heterocycles. The van der Waals surface area contributed by atoms with Crippen molar-refractivity contribution in [1.29, 1.82) is 0 Å². The van der Waals surface area contributed by atoms with Gasteiger partial charge in [-0.15, -0.1) is 0 Å². The first-order chi connectivity index (χ1) is 11.0. The summed E-state index contributed by atoms with van der Waals surface area (Å²) in [7, 11) is 2.43. The van der Waals surface area contributed by atoms with Crippen LogP contribution in [-0.4, -0.2) is 37.3 Å². The Kier molecular flexibility index (Phi) is 4.92. The number of esters is 2. The minimum Gasteiger partial charge on any atom is -0.465 e. The van der Waals surface area contributed by atoms with E-state index < -0.39 is 18.0 Å². The van der Waals surface area contributed by atoms with Crippen molar-refractivity contribution >= 4 is 29.5 Å². The molecule has 0 unspecified atom stereocenters. The number of aromatic nitrogens is 1. The first kappa shape index (κ1) is 16.0.